The highest BCUT2D eigenvalue weighted by Crippen LogP contribution is 2.29. The molecule has 0 saturated carbocycles. The molecule has 9 heteroatoms. The Morgan fingerprint density at radius 1 is 1.31 bits per heavy atom. The summed E-state index contributed by atoms with van der Waals surface area (Å²) in [5.74, 6) is -0.359. The van der Waals surface area contributed by atoms with Gasteiger partial charge in [-0.05, 0) is 36.8 Å². The third-order valence-electron chi connectivity index (χ3n) is 3.30. The molecule has 1 aromatic carbocycles. The molecular weight excluding hydrogens is 393 g/mol. The molecule has 2 N–H and O–H groups in total. The molecule has 0 aliphatic carbocycles. The Kier molecular flexibility index (Phi) is 5.82. The van der Waals surface area contributed by atoms with Gasteiger partial charge in [0.1, 0.15) is 0 Å². The molecule has 0 bridgehead atoms. The molecule has 2 heterocycles. The number of benzene rings is 1. The number of thiazole rings is 1. The van der Waals surface area contributed by atoms with E-state index < -0.39 is 0 Å². The number of hydrogen-bond donors (Lipinski definition) is 2. The van der Waals surface area contributed by atoms with Gasteiger partial charge < -0.3 is 5.32 Å². The van der Waals surface area contributed by atoms with Crippen LogP contribution in [0.1, 0.15) is 20.8 Å². The summed E-state index contributed by atoms with van der Waals surface area (Å²) in [7, 11) is 0. The maximum absolute atomic E-state index is 11.9. The number of aryl methyl sites for hydroxylation is 1. The molecular formula is C17H13Cl2N5OS. The van der Waals surface area contributed by atoms with E-state index >= 15 is 0 Å². The van der Waals surface area contributed by atoms with Crippen molar-refractivity contribution < 1.29 is 4.79 Å². The van der Waals surface area contributed by atoms with Gasteiger partial charge in [-0.3, -0.25) is 9.78 Å². The van der Waals surface area contributed by atoms with Crippen molar-refractivity contribution >= 4 is 57.5 Å². The van der Waals surface area contributed by atoms with E-state index in [0.29, 0.717) is 20.6 Å². The first-order chi connectivity index (χ1) is 12.5. The van der Waals surface area contributed by atoms with Crippen molar-refractivity contribution in [2.45, 2.75) is 6.92 Å². The van der Waals surface area contributed by atoms with Crippen LogP contribution in [-0.4, -0.2) is 22.1 Å². The number of amides is 1. The largest absolute Gasteiger partial charge is 0.331 e. The van der Waals surface area contributed by atoms with Crippen LogP contribution in [0.4, 0.5) is 10.8 Å². The van der Waals surface area contributed by atoms with Crippen molar-refractivity contribution in [3.8, 4) is 0 Å². The van der Waals surface area contributed by atoms with E-state index in [0.717, 1.165) is 11.3 Å². The van der Waals surface area contributed by atoms with Gasteiger partial charge in [-0.1, -0.05) is 40.6 Å². The summed E-state index contributed by atoms with van der Waals surface area (Å²) in [5, 5.41) is 8.59. The molecule has 0 unspecified atom stereocenters. The third kappa shape index (κ3) is 4.57. The predicted molar refractivity (Wildman–Crippen MR) is 106 cm³/mol. The van der Waals surface area contributed by atoms with Gasteiger partial charge in [0, 0.05) is 23.1 Å². The summed E-state index contributed by atoms with van der Waals surface area (Å²) in [4.78, 5) is 20.6. The van der Waals surface area contributed by atoms with Gasteiger partial charge in [0.2, 0.25) is 0 Å². The number of nitrogens with zero attached hydrogens (tertiary/aromatic N) is 3. The fraction of sp³-hybridized carbons (Fsp3) is 0.0588. The van der Waals surface area contributed by atoms with Crippen LogP contribution in [0.2, 0.25) is 10.2 Å². The number of carbonyl (C=O) groups excluding carboxylic acids is 1. The van der Waals surface area contributed by atoms with Crippen LogP contribution >= 0.6 is 34.5 Å². The minimum atomic E-state index is -0.359. The van der Waals surface area contributed by atoms with E-state index in [4.69, 9.17) is 23.2 Å². The molecule has 0 spiro atoms. The van der Waals surface area contributed by atoms with Crippen molar-refractivity contribution in [1.82, 2.24) is 15.4 Å². The first-order valence-corrected chi connectivity index (χ1v) is 9.03. The fourth-order valence-electron chi connectivity index (χ4n) is 1.95. The lowest BCUT2D eigenvalue weighted by atomic mass is 10.2. The Labute approximate surface area is 163 Å². The summed E-state index contributed by atoms with van der Waals surface area (Å²) in [6, 6.07) is 8.95. The van der Waals surface area contributed by atoms with E-state index in [-0.39, 0.29) is 11.1 Å². The van der Waals surface area contributed by atoms with Crippen molar-refractivity contribution in [3.63, 3.8) is 0 Å². The number of pyridine rings is 1. The second-order valence-electron chi connectivity index (χ2n) is 5.20. The van der Waals surface area contributed by atoms with E-state index in [2.05, 4.69) is 25.8 Å². The van der Waals surface area contributed by atoms with Gasteiger partial charge >= 0.3 is 0 Å². The van der Waals surface area contributed by atoms with Crippen LogP contribution in [-0.2, 0) is 0 Å². The van der Waals surface area contributed by atoms with Crippen molar-refractivity contribution in [1.29, 1.82) is 0 Å². The van der Waals surface area contributed by atoms with Crippen LogP contribution in [0, 0.1) is 6.92 Å². The molecule has 0 saturated heterocycles. The lowest BCUT2D eigenvalue weighted by Crippen LogP contribution is -2.17. The standard InChI is InChI=1S/C17H13Cl2N5OS/c1-10-4-5-12(7-13(10)18)22-17-23-15(19)14(26-17)9-21-24-16(25)11-3-2-6-20-8-11/h2-9H,1H3,(H,22,23)(H,24,25)/b21-9+. The lowest BCUT2D eigenvalue weighted by Gasteiger charge is -2.04. The van der Waals surface area contributed by atoms with Gasteiger partial charge in [0.15, 0.2) is 10.3 Å². The van der Waals surface area contributed by atoms with E-state index in [9.17, 15) is 4.79 Å². The number of anilines is 2. The smallest absolute Gasteiger partial charge is 0.272 e. The van der Waals surface area contributed by atoms with Gasteiger partial charge in [-0.15, -0.1) is 0 Å². The molecule has 3 aromatic rings. The molecule has 0 atom stereocenters. The first-order valence-electron chi connectivity index (χ1n) is 7.46. The maximum atomic E-state index is 11.9. The first kappa shape index (κ1) is 18.3. The minimum absolute atomic E-state index is 0.287. The number of rotatable bonds is 5. The monoisotopic (exact) mass is 405 g/mol. The zero-order valence-corrected chi connectivity index (χ0v) is 15.9. The second-order valence-corrected chi connectivity index (χ2v) is 7.00. The lowest BCUT2D eigenvalue weighted by molar-refractivity contribution is 0.0955. The predicted octanol–water partition coefficient (Wildman–Crippen LogP) is 4.66. The van der Waals surface area contributed by atoms with Crippen LogP contribution in [0.25, 0.3) is 0 Å². The van der Waals surface area contributed by atoms with E-state index in [1.165, 1.54) is 23.7 Å². The zero-order valence-electron chi connectivity index (χ0n) is 13.5. The Bertz CT molecular complexity index is 959. The van der Waals surface area contributed by atoms with Gasteiger partial charge in [-0.25, -0.2) is 10.4 Å². The number of nitrogens with one attached hydrogen (secondary N) is 2. The molecule has 2 aromatic heterocycles. The Balaban J connectivity index is 1.66. The van der Waals surface area contributed by atoms with Crippen LogP contribution in [0.5, 0.6) is 0 Å². The summed E-state index contributed by atoms with van der Waals surface area (Å²) >= 11 is 13.5. The Morgan fingerprint density at radius 2 is 2.15 bits per heavy atom. The van der Waals surface area contributed by atoms with E-state index in [1.54, 1.807) is 18.3 Å². The molecule has 0 aliphatic rings. The zero-order chi connectivity index (χ0) is 18.5. The van der Waals surface area contributed by atoms with Crippen LogP contribution in [0.3, 0.4) is 0 Å². The Morgan fingerprint density at radius 3 is 2.88 bits per heavy atom. The summed E-state index contributed by atoms with van der Waals surface area (Å²) in [5.41, 5.74) is 4.63. The summed E-state index contributed by atoms with van der Waals surface area (Å²) in [6.07, 6.45) is 4.49. The highest BCUT2D eigenvalue weighted by Gasteiger charge is 2.09. The number of carbonyl (C=O) groups is 1. The van der Waals surface area contributed by atoms with E-state index in [1.807, 2.05) is 25.1 Å². The Hall–Kier alpha value is -2.48. The van der Waals surface area contributed by atoms with Crippen molar-refractivity contribution in [3.05, 3.63) is 68.9 Å². The maximum Gasteiger partial charge on any atom is 0.272 e. The minimum Gasteiger partial charge on any atom is -0.331 e. The molecule has 0 aliphatic heterocycles. The third-order valence-corrected chi connectivity index (χ3v) is 5.02. The van der Waals surface area contributed by atoms with Crippen LogP contribution in [0.15, 0.2) is 47.8 Å². The summed E-state index contributed by atoms with van der Waals surface area (Å²) in [6.45, 7) is 1.93. The number of hydrazone groups is 1. The number of halogens is 2. The summed E-state index contributed by atoms with van der Waals surface area (Å²) < 4.78 is 0. The molecule has 3 rings (SSSR count). The van der Waals surface area contributed by atoms with Crippen molar-refractivity contribution in [2.75, 3.05) is 5.32 Å². The molecule has 132 valence electrons. The highest BCUT2D eigenvalue weighted by molar-refractivity contribution is 7.17. The molecule has 0 radical (unpaired) electrons. The fourth-order valence-corrected chi connectivity index (χ4v) is 3.18. The molecule has 0 fully saturated rings. The van der Waals surface area contributed by atoms with Gasteiger partial charge in [0.25, 0.3) is 5.91 Å². The van der Waals surface area contributed by atoms with Gasteiger partial charge in [-0.2, -0.15) is 5.10 Å². The molecule has 6 nitrogen and oxygen atoms in total. The number of aromatic nitrogens is 2. The highest BCUT2D eigenvalue weighted by atomic mass is 35.5. The average molecular weight is 406 g/mol. The molecule has 1 amide bonds. The van der Waals surface area contributed by atoms with Crippen LogP contribution < -0.4 is 10.7 Å². The van der Waals surface area contributed by atoms with Gasteiger partial charge in [0.05, 0.1) is 16.7 Å². The SMILES string of the molecule is Cc1ccc(Nc2nc(Cl)c(/C=N/NC(=O)c3cccnc3)s2)cc1Cl. The normalized spacial score (nSPS) is 10.9. The topological polar surface area (TPSA) is 79.3 Å². The average Bonchev–Trinajstić information content (AvgIpc) is 2.98. The number of hydrogen-bond acceptors (Lipinski definition) is 6. The quantitative estimate of drug-likeness (QED) is 0.477. The van der Waals surface area contributed by atoms with Crippen molar-refractivity contribution in [2.24, 2.45) is 5.10 Å². The molecule has 26 heavy (non-hydrogen) atoms. The second kappa shape index (κ2) is 8.27.